The van der Waals surface area contributed by atoms with Crippen molar-refractivity contribution in [1.29, 1.82) is 0 Å². The van der Waals surface area contributed by atoms with Gasteiger partial charge in [0.25, 0.3) is 0 Å². The summed E-state index contributed by atoms with van der Waals surface area (Å²) in [5, 5.41) is 0.615. The van der Waals surface area contributed by atoms with Gasteiger partial charge in [-0.2, -0.15) is 0 Å². The van der Waals surface area contributed by atoms with E-state index in [2.05, 4.69) is 0 Å². The van der Waals surface area contributed by atoms with Crippen molar-refractivity contribution in [2.75, 3.05) is 0 Å². The molecule has 0 aliphatic heterocycles. The summed E-state index contributed by atoms with van der Waals surface area (Å²) in [4.78, 5) is 12.1. The lowest BCUT2D eigenvalue weighted by Crippen LogP contribution is -2.03. The number of rotatable bonds is 4. The lowest BCUT2D eigenvalue weighted by atomic mass is 9.99. The molecule has 0 amide bonds. The molecule has 0 saturated heterocycles. The number of ketones is 1. The molecule has 0 bridgehead atoms. The van der Waals surface area contributed by atoms with Crippen LogP contribution in [0, 0.1) is 6.92 Å². The first-order chi connectivity index (χ1) is 8.66. The predicted molar refractivity (Wildman–Crippen MR) is 75.3 cm³/mol. The maximum absolute atomic E-state index is 12.1. The van der Waals surface area contributed by atoms with Crippen LogP contribution in [0.3, 0.4) is 0 Å². The van der Waals surface area contributed by atoms with Gasteiger partial charge in [-0.25, -0.2) is 0 Å². The van der Waals surface area contributed by atoms with E-state index in [0.29, 0.717) is 11.4 Å². The monoisotopic (exact) mass is 258 g/mol. The summed E-state index contributed by atoms with van der Waals surface area (Å²) >= 11 is 5.93. The lowest BCUT2D eigenvalue weighted by Gasteiger charge is -2.05. The van der Waals surface area contributed by atoms with E-state index in [4.69, 9.17) is 11.6 Å². The van der Waals surface area contributed by atoms with Crippen LogP contribution < -0.4 is 0 Å². The highest BCUT2D eigenvalue weighted by molar-refractivity contribution is 6.31. The molecule has 2 rings (SSSR count). The Morgan fingerprint density at radius 2 is 1.83 bits per heavy atom. The minimum atomic E-state index is 0.152. The van der Waals surface area contributed by atoms with Crippen LogP contribution >= 0.6 is 11.6 Å². The zero-order chi connectivity index (χ0) is 13.0. The second-order valence-corrected chi connectivity index (χ2v) is 4.80. The second kappa shape index (κ2) is 5.83. The van der Waals surface area contributed by atoms with Crippen LogP contribution in [0.25, 0.3) is 0 Å². The van der Waals surface area contributed by atoms with Crippen LogP contribution in [-0.4, -0.2) is 5.78 Å². The van der Waals surface area contributed by atoms with Gasteiger partial charge in [-0.3, -0.25) is 4.79 Å². The van der Waals surface area contributed by atoms with Gasteiger partial charge >= 0.3 is 0 Å². The van der Waals surface area contributed by atoms with E-state index < -0.39 is 0 Å². The molecule has 0 fully saturated rings. The zero-order valence-corrected chi connectivity index (χ0v) is 11.1. The summed E-state index contributed by atoms with van der Waals surface area (Å²) in [5.74, 6) is 0.152. The van der Waals surface area contributed by atoms with Gasteiger partial charge in [0, 0.05) is 17.0 Å². The molecule has 0 spiro atoms. The van der Waals surface area contributed by atoms with E-state index in [9.17, 15) is 4.79 Å². The lowest BCUT2D eigenvalue weighted by molar-refractivity contribution is 0.0982. The van der Waals surface area contributed by atoms with Crippen molar-refractivity contribution in [2.45, 2.75) is 19.8 Å². The minimum Gasteiger partial charge on any atom is -0.294 e. The van der Waals surface area contributed by atoms with Gasteiger partial charge in [-0.15, -0.1) is 0 Å². The number of halogens is 1. The van der Waals surface area contributed by atoms with Gasteiger partial charge in [0.1, 0.15) is 0 Å². The molecule has 0 aromatic heterocycles. The SMILES string of the molecule is Cc1ccc(Cl)cc1C(=O)CCc1ccccc1. The smallest absolute Gasteiger partial charge is 0.163 e. The van der Waals surface area contributed by atoms with Crippen LogP contribution in [0.2, 0.25) is 5.02 Å². The molecule has 92 valence electrons. The molecule has 0 unspecified atom stereocenters. The number of carbonyl (C=O) groups is 1. The van der Waals surface area contributed by atoms with Crippen molar-refractivity contribution in [3.8, 4) is 0 Å². The maximum Gasteiger partial charge on any atom is 0.163 e. The molecule has 0 aliphatic rings. The highest BCUT2D eigenvalue weighted by atomic mass is 35.5. The first kappa shape index (κ1) is 12.8. The maximum atomic E-state index is 12.1. The number of hydrogen-bond acceptors (Lipinski definition) is 1. The van der Waals surface area contributed by atoms with Crippen molar-refractivity contribution >= 4 is 17.4 Å². The van der Waals surface area contributed by atoms with E-state index in [1.807, 2.05) is 49.4 Å². The Bertz CT molecular complexity index is 546. The molecule has 0 radical (unpaired) electrons. The molecule has 0 heterocycles. The Labute approximate surface area is 112 Å². The Hall–Kier alpha value is -1.60. The summed E-state index contributed by atoms with van der Waals surface area (Å²) < 4.78 is 0. The standard InChI is InChI=1S/C16H15ClO/c1-12-7-9-14(17)11-15(12)16(18)10-8-13-5-3-2-4-6-13/h2-7,9,11H,8,10H2,1H3. The summed E-state index contributed by atoms with van der Waals surface area (Å²) in [6, 6.07) is 15.5. The van der Waals surface area contributed by atoms with E-state index >= 15 is 0 Å². The molecular formula is C16H15ClO. The van der Waals surface area contributed by atoms with Gasteiger partial charge in [0.2, 0.25) is 0 Å². The molecule has 2 aromatic rings. The van der Waals surface area contributed by atoms with Crippen LogP contribution in [0.15, 0.2) is 48.5 Å². The molecule has 1 nitrogen and oxygen atoms in total. The van der Waals surface area contributed by atoms with E-state index in [1.165, 1.54) is 5.56 Å². The second-order valence-electron chi connectivity index (χ2n) is 4.37. The third-order valence-electron chi connectivity index (χ3n) is 2.98. The quantitative estimate of drug-likeness (QED) is 0.740. The first-order valence-corrected chi connectivity index (χ1v) is 6.38. The molecule has 0 N–H and O–H groups in total. The fourth-order valence-corrected chi connectivity index (χ4v) is 2.10. The van der Waals surface area contributed by atoms with Gasteiger partial charge in [0.15, 0.2) is 5.78 Å². The van der Waals surface area contributed by atoms with Crippen LogP contribution in [0.5, 0.6) is 0 Å². The zero-order valence-electron chi connectivity index (χ0n) is 10.3. The number of carbonyl (C=O) groups excluding carboxylic acids is 1. The van der Waals surface area contributed by atoms with E-state index in [-0.39, 0.29) is 5.78 Å². The molecule has 0 aliphatic carbocycles. The van der Waals surface area contributed by atoms with Gasteiger partial charge in [-0.1, -0.05) is 48.0 Å². The largest absolute Gasteiger partial charge is 0.294 e. The van der Waals surface area contributed by atoms with Gasteiger partial charge < -0.3 is 0 Å². The highest BCUT2D eigenvalue weighted by Gasteiger charge is 2.09. The number of Topliss-reactive ketones (excluding diaryl/α,β-unsaturated/α-hetero) is 1. The molecular weight excluding hydrogens is 244 g/mol. The predicted octanol–water partition coefficient (Wildman–Crippen LogP) is 4.46. The molecule has 18 heavy (non-hydrogen) atoms. The Kier molecular flexibility index (Phi) is 4.16. The van der Waals surface area contributed by atoms with Gasteiger partial charge in [0.05, 0.1) is 0 Å². The van der Waals surface area contributed by atoms with Crippen molar-refractivity contribution in [2.24, 2.45) is 0 Å². The first-order valence-electron chi connectivity index (χ1n) is 6.00. The number of hydrogen-bond donors (Lipinski definition) is 0. The van der Waals surface area contributed by atoms with E-state index in [0.717, 1.165) is 17.5 Å². The topological polar surface area (TPSA) is 17.1 Å². The summed E-state index contributed by atoms with van der Waals surface area (Å²) in [6.07, 6.45) is 1.29. The molecule has 0 saturated carbocycles. The Balaban J connectivity index is 2.06. The van der Waals surface area contributed by atoms with Crippen molar-refractivity contribution < 1.29 is 4.79 Å². The summed E-state index contributed by atoms with van der Waals surface area (Å²) in [5.41, 5.74) is 2.90. The van der Waals surface area contributed by atoms with Crippen LogP contribution in [0.4, 0.5) is 0 Å². The molecule has 0 atom stereocenters. The van der Waals surface area contributed by atoms with Crippen LogP contribution in [-0.2, 0) is 6.42 Å². The summed E-state index contributed by atoms with van der Waals surface area (Å²) in [7, 11) is 0. The summed E-state index contributed by atoms with van der Waals surface area (Å²) in [6.45, 7) is 1.94. The normalized spacial score (nSPS) is 10.3. The fraction of sp³-hybridized carbons (Fsp3) is 0.188. The minimum absolute atomic E-state index is 0.152. The van der Waals surface area contributed by atoms with Gasteiger partial charge in [-0.05, 0) is 36.6 Å². The van der Waals surface area contributed by atoms with E-state index in [1.54, 1.807) is 6.07 Å². The highest BCUT2D eigenvalue weighted by Crippen LogP contribution is 2.17. The van der Waals surface area contributed by atoms with Crippen molar-refractivity contribution in [3.63, 3.8) is 0 Å². The fourth-order valence-electron chi connectivity index (χ4n) is 1.93. The average Bonchev–Trinajstić information content (AvgIpc) is 2.40. The third-order valence-corrected chi connectivity index (χ3v) is 3.22. The Morgan fingerprint density at radius 1 is 1.11 bits per heavy atom. The number of aryl methyl sites for hydroxylation is 2. The van der Waals surface area contributed by atoms with Crippen molar-refractivity contribution in [1.82, 2.24) is 0 Å². The average molecular weight is 259 g/mol. The molecule has 2 heteroatoms. The van der Waals surface area contributed by atoms with Crippen LogP contribution in [0.1, 0.15) is 27.9 Å². The van der Waals surface area contributed by atoms with Crippen molar-refractivity contribution in [3.05, 3.63) is 70.2 Å². The Morgan fingerprint density at radius 3 is 2.56 bits per heavy atom. The molecule has 2 aromatic carbocycles. The number of benzene rings is 2. The third kappa shape index (κ3) is 3.21.